The Morgan fingerprint density at radius 1 is 1.16 bits per heavy atom. The second-order valence-electron chi connectivity index (χ2n) is 7.44. The molecule has 0 saturated heterocycles. The van der Waals surface area contributed by atoms with E-state index in [9.17, 15) is 15.3 Å². The first kappa shape index (κ1) is 16.3. The third kappa shape index (κ3) is 4.08. The number of aliphatic hydroxyl groups excluding tert-OH is 3. The van der Waals surface area contributed by atoms with Crippen LogP contribution in [0.5, 0.6) is 0 Å². The van der Waals surface area contributed by atoms with Crippen molar-refractivity contribution in [2.24, 2.45) is 16.7 Å². The molecule has 3 nitrogen and oxygen atoms in total. The molecule has 110 valence electrons. The molecular weight excluding hydrogens is 240 g/mol. The highest BCUT2D eigenvalue weighted by Crippen LogP contribution is 2.44. The van der Waals surface area contributed by atoms with E-state index in [1.165, 1.54) is 5.57 Å². The van der Waals surface area contributed by atoms with Gasteiger partial charge in [-0.3, -0.25) is 0 Å². The second-order valence-corrected chi connectivity index (χ2v) is 7.44. The lowest BCUT2D eigenvalue weighted by atomic mass is 9.68. The third-order valence-electron chi connectivity index (χ3n) is 3.76. The Hall–Kier alpha value is -0.800. The number of rotatable bonds is 4. The molecule has 1 unspecified atom stereocenters. The molecule has 1 aliphatic carbocycles. The van der Waals surface area contributed by atoms with E-state index in [2.05, 4.69) is 34.6 Å². The van der Waals surface area contributed by atoms with Gasteiger partial charge in [-0.25, -0.2) is 0 Å². The van der Waals surface area contributed by atoms with Crippen LogP contribution in [0.2, 0.25) is 0 Å². The van der Waals surface area contributed by atoms with Crippen LogP contribution in [0.15, 0.2) is 23.0 Å². The van der Waals surface area contributed by atoms with E-state index in [-0.39, 0.29) is 35.7 Å². The van der Waals surface area contributed by atoms with Gasteiger partial charge in [0.15, 0.2) is 0 Å². The van der Waals surface area contributed by atoms with Crippen LogP contribution in [0, 0.1) is 16.7 Å². The van der Waals surface area contributed by atoms with Gasteiger partial charge in [0, 0.05) is 11.5 Å². The van der Waals surface area contributed by atoms with E-state index in [1.54, 1.807) is 0 Å². The Morgan fingerprint density at radius 2 is 1.74 bits per heavy atom. The van der Waals surface area contributed by atoms with Crippen molar-refractivity contribution in [2.75, 3.05) is 13.2 Å². The fourth-order valence-electron chi connectivity index (χ4n) is 3.16. The lowest BCUT2D eigenvalue weighted by Gasteiger charge is -2.38. The average molecular weight is 268 g/mol. The van der Waals surface area contributed by atoms with E-state index in [1.807, 2.05) is 6.08 Å². The molecule has 0 aliphatic heterocycles. The minimum atomic E-state index is -0.276. The zero-order valence-corrected chi connectivity index (χ0v) is 12.8. The Morgan fingerprint density at radius 3 is 2.16 bits per heavy atom. The highest BCUT2D eigenvalue weighted by Gasteiger charge is 2.33. The van der Waals surface area contributed by atoms with Gasteiger partial charge in [0.2, 0.25) is 0 Å². The predicted octanol–water partition coefficient (Wildman–Crippen LogP) is 3.19. The maximum Gasteiger partial charge on any atom is 0.103 e. The molecule has 0 amide bonds. The summed E-state index contributed by atoms with van der Waals surface area (Å²) in [6.07, 6.45) is 3.59. The Bertz CT molecular complexity index is 383. The number of hydrogen-bond donors (Lipinski definition) is 3. The minimum absolute atomic E-state index is 0.00715. The minimum Gasteiger partial charge on any atom is -0.512 e. The summed E-state index contributed by atoms with van der Waals surface area (Å²) in [6, 6.07) is 0. The maximum atomic E-state index is 9.96. The number of hydrogen-bond acceptors (Lipinski definition) is 3. The van der Waals surface area contributed by atoms with Gasteiger partial charge >= 0.3 is 0 Å². The van der Waals surface area contributed by atoms with Crippen LogP contribution in [-0.2, 0) is 0 Å². The summed E-state index contributed by atoms with van der Waals surface area (Å²) in [7, 11) is 0. The summed E-state index contributed by atoms with van der Waals surface area (Å²) >= 11 is 0. The van der Waals surface area contributed by atoms with Gasteiger partial charge in [0.25, 0.3) is 0 Å². The summed E-state index contributed by atoms with van der Waals surface area (Å²) in [4.78, 5) is 0. The average Bonchev–Trinajstić information content (AvgIpc) is 2.25. The fourth-order valence-corrected chi connectivity index (χ4v) is 3.16. The van der Waals surface area contributed by atoms with Crippen molar-refractivity contribution in [3.63, 3.8) is 0 Å². The summed E-state index contributed by atoms with van der Waals surface area (Å²) in [5.74, 6) is -0.137. The van der Waals surface area contributed by atoms with E-state index in [4.69, 9.17) is 0 Å². The van der Waals surface area contributed by atoms with Crippen LogP contribution in [0.4, 0.5) is 0 Å². The van der Waals surface area contributed by atoms with Crippen LogP contribution in [0.1, 0.15) is 47.5 Å². The van der Waals surface area contributed by atoms with Crippen molar-refractivity contribution in [1.29, 1.82) is 0 Å². The largest absolute Gasteiger partial charge is 0.512 e. The van der Waals surface area contributed by atoms with Crippen molar-refractivity contribution in [3.8, 4) is 0 Å². The summed E-state index contributed by atoms with van der Waals surface area (Å²) in [6.45, 7) is 10.7. The first-order chi connectivity index (χ1) is 8.60. The number of aliphatic hydroxyl groups is 3. The molecule has 19 heavy (non-hydrogen) atoms. The van der Waals surface area contributed by atoms with Crippen LogP contribution >= 0.6 is 0 Å². The maximum absolute atomic E-state index is 9.96. The van der Waals surface area contributed by atoms with E-state index < -0.39 is 0 Å². The summed E-state index contributed by atoms with van der Waals surface area (Å²) in [5, 5.41) is 28.7. The molecule has 0 fully saturated rings. The molecule has 0 heterocycles. The molecule has 0 spiro atoms. The quantitative estimate of drug-likeness (QED) is 0.734. The second kappa shape index (κ2) is 5.68. The molecule has 1 atom stereocenters. The predicted molar refractivity (Wildman–Crippen MR) is 77.9 cm³/mol. The van der Waals surface area contributed by atoms with Crippen LogP contribution < -0.4 is 0 Å². The molecule has 0 radical (unpaired) electrons. The van der Waals surface area contributed by atoms with E-state index in [0.717, 1.165) is 6.42 Å². The Kier molecular flexibility index (Phi) is 4.86. The van der Waals surface area contributed by atoms with Crippen molar-refractivity contribution in [2.45, 2.75) is 47.5 Å². The molecular formula is C16H28O3. The zero-order chi connectivity index (χ0) is 14.8. The highest BCUT2D eigenvalue weighted by molar-refractivity contribution is 5.35. The van der Waals surface area contributed by atoms with Crippen molar-refractivity contribution in [1.82, 2.24) is 0 Å². The fraction of sp³-hybridized carbons (Fsp3) is 0.750. The molecule has 1 aliphatic rings. The van der Waals surface area contributed by atoms with Crippen molar-refractivity contribution >= 4 is 0 Å². The van der Waals surface area contributed by atoms with Gasteiger partial charge in [-0.05, 0) is 23.7 Å². The molecule has 3 N–H and O–H groups in total. The zero-order valence-electron chi connectivity index (χ0n) is 12.8. The third-order valence-corrected chi connectivity index (χ3v) is 3.76. The first-order valence-electron chi connectivity index (χ1n) is 6.95. The van der Waals surface area contributed by atoms with Crippen LogP contribution in [-0.4, -0.2) is 28.5 Å². The number of allylic oxidation sites excluding steroid dienone is 1. The first-order valence-corrected chi connectivity index (χ1v) is 6.95. The normalized spacial score (nSPS) is 21.6. The molecule has 0 aromatic rings. The summed E-state index contributed by atoms with van der Waals surface area (Å²) in [5.41, 5.74) is 1.94. The topological polar surface area (TPSA) is 60.7 Å². The molecule has 0 saturated carbocycles. The van der Waals surface area contributed by atoms with E-state index >= 15 is 0 Å². The molecule has 3 heteroatoms. The van der Waals surface area contributed by atoms with Gasteiger partial charge < -0.3 is 15.3 Å². The standard InChI is InChI=1S/C16H28O3/c1-15(2,3)10-16(4,5)13-6-11(8-17)14(19)12(7-13)9-18/h6,12,17-19H,7-10H2,1-5H3. The van der Waals surface area contributed by atoms with Gasteiger partial charge in [-0.2, -0.15) is 0 Å². The summed E-state index contributed by atoms with van der Waals surface area (Å²) < 4.78 is 0. The van der Waals surface area contributed by atoms with Gasteiger partial charge in [0.05, 0.1) is 13.2 Å². The van der Waals surface area contributed by atoms with Gasteiger partial charge in [-0.1, -0.05) is 46.3 Å². The smallest absolute Gasteiger partial charge is 0.103 e. The molecule has 0 aromatic heterocycles. The molecule has 0 aromatic carbocycles. The van der Waals surface area contributed by atoms with Gasteiger partial charge in [-0.15, -0.1) is 0 Å². The molecule has 1 rings (SSSR count). The Balaban J connectivity index is 3.07. The van der Waals surface area contributed by atoms with Crippen molar-refractivity contribution in [3.05, 3.63) is 23.0 Å². The molecule has 0 bridgehead atoms. The Labute approximate surface area is 116 Å². The van der Waals surface area contributed by atoms with E-state index in [0.29, 0.717) is 12.0 Å². The lowest BCUT2D eigenvalue weighted by Crippen LogP contribution is -2.28. The van der Waals surface area contributed by atoms with Crippen LogP contribution in [0.25, 0.3) is 0 Å². The monoisotopic (exact) mass is 268 g/mol. The lowest BCUT2D eigenvalue weighted by molar-refractivity contribution is 0.179. The van der Waals surface area contributed by atoms with Crippen LogP contribution in [0.3, 0.4) is 0 Å². The van der Waals surface area contributed by atoms with Gasteiger partial charge in [0.1, 0.15) is 5.76 Å². The SMILES string of the molecule is CC(C)(C)CC(C)(C)C1=CC(CO)=C(O)C(CO)C1. The highest BCUT2D eigenvalue weighted by atomic mass is 16.3. The van der Waals surface area contributed by atoms with Crippen molar-refractivity contribution < 1.29 is 15.3 Å².